The Bertz CT molecular complexity index is 623. The number of ether oxygens (including phenoxy) is 1. The van der Waals surface area contributed by atoms with Gasteiger partial charge in [-0.1, -0.05) is 6.92 Å². The molecule has 1 fully saturated rings. The molecule has 1 aromatic heterocycles. The Labute approximate surface area is 137 Å². The summed E-state index contributed by atoms with van der Waals surface area (Å²) in [7, 11) is -3.19. The number of rotatable bonds is 6. The van der Waals surface area contributed by atoms with Gasteiger partial charge in [0.2, 0.25) is 15.9 Å². The number of hydrogen-bond donors (Lipinski definition) is 0. The van der Waals surface area contributed by atoms with Crippen molar-refractivity contribution in [1.82, 2.24) is 14.2 Å². The van der Waals surface area contributed by atoms with Crippen LogP contribution in [-0.2, 0) is 10.0 Å². The number of carbonyl (C=O) groups excluding carboxylic acids is 1. The van der Waals surface area contributed by atoms with Gasteiger partial charge in [-0.15, -0.1) is 0 Å². The molecule has 1 aromatic rings. The molecular formula is C15H23N3O4S. The second-order valence-electron chi connectivity index (χ2n) is 5.33. The van der Waals surface area contributed by atoms with Crippen LogP contribution in [0.4, 0.5) is 0 Å². The quantitative estimate of drug-likeness (QED) is 0.770. The van der Waals surface area contributed by atoms with Crippen molar-refractivity contribution >= 4 is 15.9 Å². The third-order valence-corrected chi connectivity index (χ3v) is 5.73. The summed E-state index contributed by atoms with van der Waals surface area (Å²) in [4.78, 5) is 18.2. The SMILES string of the molecule is CCCS(=O)(=O)N1CCN(C(=O)c2ccc(OCC)nc2)CC1. The van der Waals surface area contributed by atoms with E-state index in [9.17, 15) is 13.2 Å². The third-order valence-electron chi connectivity index (χ3n) is 3.66. The van der Waals surface area contributed by atoms with Crippen LogP contribution in [-0.4, -0.2) is 67.1 Å². The standard InChI is InChI=1S/C15H23N3O4S/c1-3-11-23(20,21)18-9-7-17(8-10-18)15(19)13-5-6-14(16-12-13)22-4-2/h5-6,12H,3-4,7-11H2,1-2H3. The van der Waals surface area contributed by atoms with Gasteiger partial charge >= 0.3 is 0 Å². The lowest BCUT2D eigenvalue weighted by Gasteiger charge is -2.34. The summed E-state index contributed by atoms with van der Waals surface area (Å²) in [5, 5.41) is 0. The van der Waals surface area contributed by atoms with Gasteiger partial charge in [0.1, 0.15) is 0 Å². The van der Waals surface area contributed by atoms with E-state index in [2.05, 4.69) is 4.98 Å². The van der Waals surface area contributed by atoms with Crippen LogP contribution in [0.1, 0.15) is 30.6 Å². The maximum absolute atomic E-state index is 12.4. The van der Waals surface area contributed by atoms with Crippen molar-refractivity contribution in [2.75, 3.05) is 38.5 Å². The van der Waals surface area contributed by atoms with E-state index in [4.69, 9.17) is 4.74 Å². The Balaban J connectivity index is 1.95. The number of amides is 1. The first kappa shape index (κ1) is 17.7. The Morgan fingerprint density at radius 3 is 2.43 bits per heavy atom. The molecule has 0 atom stereocenters. The molecule has 0 aliphatic carbocycles. The Morgan fingerprint density at radius 1 is 1.22 bits per heavy atom. The fraction of sp³-hybridized carbons (Fsp3) is 0.600. The maximum Gasteiger partial charge on any atom is 0.255 e. The van der Waals surface area contributed by atoms with Crippen LogP contribution < -0.4 is 4.74 Å². The molecule has 0 N–H and O–H groups in total. The monoisotopic (exact) mass is 341 g/mol. The highest BCUT2D eigenvalue weighted by molar-refractivity contribution is 7.89. The molecule has 1 amide bonds. The number of hydrogen-bond acceptors (Lipinski definition) is 5. The van der Waals surface area contributed by atoms with Gasteiger partial charge in [0.25, 0.3) is 5.91 Å². The number of nitrogens with zero attached hydrogens (tertiary/aromatic N) is 3. The first-order chi connectivity index (χ1) is 11.0. The van der Waals surface area contributed by atoms with Gasteiger partial charge in [-0.3, -0.25) is 4.79 Å². The zero-order chi connectivity index (χ0) is 16.9. The first-order valence-electron chi connectivity index (χ1n) is 7.84. The summed E-state index contributed by atoms with van der Waals surface area (Å²) in [5.41, 5.74) is 0.485. The molecule has 23 heavy (non-hydrogen) atoms. The molecular weight excluding hydrogens is 318 g/mol. The molecule has 0 bridgehead atoms. The van der Waals surface area contributed by atoms with E-state index in [1.165, 1.54) is 10.5 Å². The van der Waals surface area contributed by atoms with Crippen LogP contribution in [0.25, 0.3) is 0 Å². The predicted molar refractivity (Wildman–Crippen MR) is 87.0 cm³/mol. The molecule has 0 spiro atoms. The normalized spacial score (nSPS) is 16.3. The molecule has 2 rings (SSSR count). The van der Waals surface area contributed by atoms with Crippen LogP contribution in [0.5, 0.6) is 5.88 Å². The molecule has 0 aromatic carbocycles. The van der Waals surface area contributed by atoms with E-state index < -0.39 is 10.0 Å². The number of aromatic nitrogens is 1. The topological polar surface area (TPSA) is 79.8 Å². The number of sulfonamides is 1. The number of pyridine rings is 1. The van der Waals surface area contributed by atoms with Gasteiger partial charge in [0.15, 0.2) is 0 Å². The minimum atomic E-state index is -3.19. The predicted octanol–water partition coefficient (Wildman–Crippen LogP) is 0.978. The van der Waals surface area contributed by atoms with Crippen molar-refractivity contribution in [3.8, 4) is 5.88 Å². The zero-order valence-corrected chi connectivity index (χ0v) is 14.4. The van der Waals surface area contributed by atoms with Gasteiger partial charge in [0.05, 0.1) is 17.9 Å². The summed E-state index contributed by atoms with van der Waals surface area (Å²) in [6, 6.07) is 3.35. The Morgan fingerprint density at radius 2 is 1.91 bits per heavy atom. The Hall–Kier alpha value is -1.67. The number of carbonyl (C=O) groups is 1. The lowest BCUT2D eigenvalue weighted by Crippen LogP contribution is -2.51. The number of piperazine rings is 1. The van der Waals surface area contributed by atoms with Gasteiger partial charge in [-0.25, -0.2) is 13.4 Å². The van der Waals surface area contributed by atoms with Crippen molar-refractivity contribution in [3.05, 3.63) is 23.9 Å². The first-order valence-corrected chi connectivity index (χ1v) is 9.44. The highest BCUT2D eigenvalue weighted by Gasteiger charge is 2.28. The zero-order valence-electron chi connectivity index (χ0n) is 13.6. The Kier molecular flexibility index (Phi) is 5.95. The highest BCUT2D eigenvalue weighted by atomic mass is 32.2. The van der Waals surface area contributed by atoms with Crippen molar-refractivity contribution in [2.45, 2.75) is 20.3 Å². The summed E-state index contributed by atoms with van der Waals surface area (Å²) in [5.74, 6) is 0.511. The van der Waals surface area contributed by atoms with Crippen LogP contribution in [0, 0.1) is 0 Å². The van der Waals surface area contributed by atoms with Crippen LogP contribution >= 0.6 is 0 Å². The summed E-state index contributed by atoms with van der Waals surface area (Å²) >= 11 is 0. The van der Waals surface area contributed by atoms with Gasteiger partial charge in [-0.05, 0) is 19.4 Å². The van der Waals surface area contributed by atoms with Crippen LogP contribution in [0.2, 0.25) is 0 Å². The van der Waals surface area contributed by atoms with E-state index in [0.717, 1.165) is 0 Å². The molecule has 0 unspecified atom stereocenters. The van der Waals surface area contributed by atoms with E-state index in [0.29, 0.717) is 50.7 Å². The van der Waals surface area contributed by atoms with Gasteiger partial charge < -0.3 is 9.64 Å². The van der Waals surface area contributed by atoms with E-state index >= 15 is 0 Å². The average Bonchev–Trinajstić information content (AvgIpc) is 2.55. The molecule has 1 aliphatic heterocycles. The van der Waals surface area contributed by atoms with Crippen molar-refractivity contribution in [1.29, 1.82) is 0 Å². The minimum Gasteiger partial charge on any atom is -0.478 e. The molecule has 2 heterocycles. The van der Waals surface area contributed by atoms with Gasteiger partial charge in [-0.2, -0.15) is 4.31 Å². The lowest BCUT2D eigenvalue weighted by molar-refractivity contribution is 0.0697. The van der Waals surface area contributed by atoms with E-state index in [1.807, 2.05) is 13.8 Å². The largest absolute Gasteiger partial charge is 0.478 e. The smallest absolute Gasteiger partial charge is 0.255 e. The minimum absolute atomic E-state index is 0.131. The van der Waals surface area contributed by atoms with Gasteiger partial charge in [0, 0.05) is 38.4 Å². The molecule has 0 radical (unpaired) electrons. The second-order valence-corrected chi connectivity index (χ2v) is 7.41. The molecule has 8 heteroatoms. The fourth-order valence-corrected chi connectivity index (χ4v) is 3.97. The lowest BCUT2D eigenvalue weighted by atomic mass is 10.2. The molecule has 128 valence electrons. The summed E-state index contributed by atoms with van der Waals surface area (Å²) < 4.78 is 30.8. The van der Waals surface area contributed by atoms with Crippen LogP contribution in [0.15, 0.2) is 18.3 Å². The van der Waals surface area contributed by atoms with Crippen molar-refractivity contribution < 1.29 is 17.9 Å². The van der Waals surface area contributed by atoms with Crippen LogP contribution in [0.3, 0.4) is 0 Å². The van der Waals surface area contributed by atoms with Crippen molar-refractivity contribution in [3.63, 3.8) is 0 Å². The summed E-state index contributed by atoms with van der Waals surface area (Å²) in [6.45, 7) is 5.72. The third kappa shape index (κ3) is 4.42. The average molecular weight is 341 g/mol. The molecule has 1 aliphatic rings. The van der Waals surface area contributed by atoms with E-state index in [1.54, 1.807) is 17.0 Å². The van der Waals surface area contributed by atoms with E-state index in [-0.39, 0.29) is 11.7 Å². The second kappa shape index (κ2) is 7.74. The molecule has 0 saturated carbocycles. The highest BCUT2D eigenvalue weighted by Crippen LogP contribution is 2.14. The van der Waals surface area contributed by atoms with Crippen molar-refractivity contribution in [2.24, 2.45) is 0 Å². The molecule has 7 nitrogen and oxygen atoms in total. The maximum atomic E-state index is 12.4. The summed E-state index contributed by atoms with van der Waals surface area (Å²) in [6.07, 6.45) is 2.09. The molecule has 1 saturated heterocycles. The fourth-order valence-electron chi connectivity index (χ4n) is 2.48.